The molecule has 4 rings (SSSR count). The number of nitrogens with zero attached hydrogens (tertiary/aromatic N) is 1. The van der Waals surface area contributed by atoms with Crippen molar-refractivity contribution >= 4 is 17.8 Å². The molecule has 0 aliphatic carbocycles. The van der Waals surface area contributed by atoms with Gasteiger partial charge in [-0.25, -0.2) is 4.79 Å². The van der Waals surface area contributed by atoms with Crippen molar-refractivity contribution in [1.82, 2.24) is 15.5 Å². The van der Waals surface area contributed by atoms with Crippen molar-refractivity contribution in [3.63, 3.8) is 0 Å². The molecule has 3 aliphatic heterocycles. The summed E-state index contributed by atoms with van der Waals surface area (Å²) in [7, 11) is 0. The molecule has 3 aliphatic rings. The number of ether oxygens (including phenoxy) is 2. The monoisotopic (exact) mass is 387 g/mol. The van der Waals surface area contributed by atoms with E-state index in [0.29, 0.717) is 38.2 Å². The number of hydrogen-bond donors (Lipinski definition) is 2. The Morgan fingerprint density at radius 1 is 1.18 bits per heavy atom. The molecular weight excluding hydrogens is 362 g/mol. The number of imide groups is 1. The number of amides is 4. The summed E-state index contributed by atoms with van der Waals surface area (Å²) in [6.07, 6.45) is 3.10. The highest BCUT2D eigenvalue weighted by Gasteiger charge is 2.51. The van der Waals surface area contributed by atoms with Crippen LogP contribution in [0.25, 0.3) is 0 Å². The second-order valence-electron chi connectivity index (χ2n) is 7.56. The Bertz CT molecular complexity index is 752. The van der Waals surface area contributed by atoms with Crippen LogP contribution in [0.15, 0.2) is 24.3 Å². The van der Waals surface area contributed by atoms with Gasteiger partial charge in [-0.1, -0.05) is 12.1 Å². The van der Waals surface area contributed by atoms with Gasteiger partial charge in [0, 0.05) is 44.8 Å². The third-order valence-corrected chi connectivity index (χ3v) is 5.66. The molecule has 0 bridgehead atoms. The molecule has 8 heteroatoms. The lowest BCUT2D eigenvalue weighted by atomic mass is 9.90. The second-order valence-corrected chi connectivity index (χ2v) is 7.56. The number of hydrogen-bond acceptors (Lipinski definition) is 5. The largest absolute Gasteiger partial charge is 0.381 e. The summed E-state index contributed by atoms with van der Waals surface area (Å²) in [5.74, 6) is -0.350. The lowest BCUT2D eigenvalue weighted by Crippen LogP contribution is -2.51. The molecule has 0 saturated carbocycles. The number of nitrogens with one attached hydrogen (secondary N) is 2. The summed E-state index contributed by atoms with van der Waals surface area (Å²) in [5.41, 5.74) is 0.514. The molecule has 3 fully saturated rings. The van der Waals surface area contributed by atoms with Crippen LogP contribution in [-0.4, -0.2) is 60.8 Å². The lowest BCUT2D eigenvalue weighted by Gasteiger charge is -2.30. The highest BCUT2D eigenvalue weighted by molar-refractivity contribution is 6.07. The van der Waals surface area contributed by atoms with E-state index in [0.717, 1.165) is 25.0 Å². The Labute approximate surface area is 163 Å². The van der Waals surface area contributed by atoms with Crippen molar-refractivity contribution in [3.05, 3.63) is 35.4 Å². The van der Waals surface area contributed by atoms with E-state index in [-0.39, 0.29) is 30.5 Å². The fourth-order valence-electron chi connectivity index (χ4n) is 3.94. The molecule has 1 aromatic carbocycles. The molecule has 4 amide bonds. The fraction of sp³-hybridized carbons (Fsp3) is 0.550. The maximum Gasteiger partial charge on any atom is 0.325 e. The summed E-state index contributed by atoms with van der Waals surface area (Å²) in [6.45, 7) is 2.39. The Hall–Kier alpha value is -2.45. The van der Waals surface area contributed by atoms with Gasteiger partial charge >= 0.3 is 6.03 Å². The zero-order valence-electron chi connectivity index (χ0n) is 15.7. The fourth-order valence-corrected chi connectivity index (χ4v) is 3.94. The molecule has 150 valence electrons. The van der Waals surface area contributed by atoms with Crippen molar-refractivity contribution in [2.75, 3.05) is 26.4 Å². The van der Waals surface area contributed by atoms with Gasteiger partial charge in [0.05, 0.1) is 12.6 Å². The van der Waals surface area contributed by atoms with Crippen LogP contribution in [-0.2, 0) is 20.8 Å². The number of carbonyl (C=O) groups is 3. The molecule has 1 spiro atoms. The third kappa shape index (κ3) is 3.74. The minimum Gasteiger partial charge on any atom is -0.381 e. The number of carbonyl (C=O) groups excluding carboxylic acids is 3. The van der Waals surface area contributed by atoms with E-state index in [1.165, 1.54) is 4.90 Å². The van der Waals surface area contributed by atoms with Crippen molar-refractivity contribution in [3.8, 4) is 0 Å². The van der Waals surface area contributed by atoms with Crippen LogP contribution >= 0.6 is 0 Å². The molecule has 0 aromatic heterocycles. The summed E-state index contributed by atoms with van der Waals surface area (Å²) in [6, 6.07) is 6.60. The summed E-state index contributed by atoms with van der Waals surface area (Å²) >= 11 is 0. The summed E-state index contributed by atoms with van der Waals surface area (Å²) in [5, 5.41) is 5.73. The maximum absolute atomic E-state index is 12.8. The SMILES string of the molecule is O=C(NC[C@H]1CCCO1)c1ccc(CN2C(=O)NC3(CCOCC3)C2=O)cc1. The number of benzene rings is 1. The Morgan fingerprint density at radius 3 is 2.61 bits per heavy atom. The van der Waals surface area contributed by atoms with Crippen LogP contribution in [0.4, 0.5) is 4.79 Å². The Balaban J connectivity index is 1.35. The second kappa shape index (κ2) is 7.89. The average Bonchev–Trinajstić information content (AvgIpc) is 3.31. The average molecular weight is 387 g/mol. The molecule has 1 atom stereocenters. The molecule has 0 unspecified atom stereocenters. The van der Waals surface area contributed by atoms with E-state index in [1.807, 2.05) is 0 Å². The first-order valence-electron chi connectivity index (χ1n) is 9.78. The minimum absolute atomic E-state index is 0.0976. The Morgan fingerprint density at radius 2 is 1.93 bits per heavy atom. The van der Waals surface area contributed by atoms with E-state index < -0.39 is 5.54 Å². The van der Waals surface area contributed by atoms with Crippen LogP contribution in [0, 0.1) is 0 Å². The normalized spacial score (nSPS) is 23.9. The third-order valence-electron chi connectivity index (χ3n) is 5.66. The number of rotatable bonds is 5. The van der Waals surface area contributed by atoms with Crippen molar-refractivity contribution in [1.29, 1.82) is 0 Å². The van der Waals surface area contributed by atoms with E-state index in [1.54, 1.807) is 24.3 Å². The first kappa shape index (κ1) is 18.9. The van der Waals surface area contributed by atoms with Crippen LogP contribution < -0.4 is 10.6 Å². The molecule has 3 saturated heterocycles. The smallest absolute Gasteiger partial charge is 0.325 e. The first-order chi connectivity index (χ1) is 13.6. The van der Waals surface area contributed by atoms with Gasteiger partial charge < -0.3 is 20.1 Å². The van der Waals surface area contributed by atoms with Gasteiger partial charge in [0.2, 0.25) is 0 Å². The molecule has 0 radical (unpaired) electrons. The van der Waals surface area contributed by atoms with E-state index in [9.17, 15) is 14.4 Å². The first-order valence-corrected chi connectivity index (χ1v) is 9.78. The molecular formula is C20H25N3O5. The molecule has 8 nitrogen and oxygen atoms in total. The Kier molecular flexibility index (Phi) is 5.32. The molecule has 1 aromatic rings. The van der Waals surface area contributed by atoms with Gasteiger partial charge in [0.15, 0.2) is 0 Å². The molecule has 28 heavy (non-hydrogen) atoms. The van der Waals surface area contributed by atoms with Gasteiger partial charge in [-0.15, -0.1) is 0 Å². The van der Waals surface area contributed by atoms with E-state index in [2.05, 4.69) is 10.6 Å². The van der Waals surface area contributed by atoms with E-state index in [4.69, 9.17) is 9.47 Å². The van der Waals surface area contributed by atoms with Crippen LogP contribution in [0.2, 0.25) is 0 Å². The van der Waals surface area contributed by atoms with Gasteiger partial charge in [0.25, 0.3) is 11.8 Å². The van der Waals surface area contributed by atoms with Gasteiger partial charge in [-0.05, 0) is 30.5 Å². The predicted molar refractivity (Wildman–Crippen MR) is 99.6 cm³/mol. The van der Waals surface area contributed by atoms with Crippen LogP contribution in [0.3, 0.4) is 0 Å². The van der Waals surface area contributed by atoms with Gasteiger partial charge in [-0.3, -0.25) is 14.5 Å². The summed E-state index contributed by atoms with van der Waals surface area (Å²) in [4.78, 5) is 38.6. The van der Waals surface area contributed by atoms with Crippen molar-refractivity contribution < 1.29 is 23.9 Å². The number of urea groups is 1. The highest BCUT2D eigenvalue weighted by atomic mass is 16.5. The van der Waals surface area contributed by atoms with E-state index >= 15 is 0 Å². The zero-order chi connectivity index (χ0) is 19.6. The summed E-state index contributed by atoms with van der Waals surface area (Å²) < 4.78 is 10.8. The predicted octanol–water partition coefficient (Wildman–Crippen LogP) is 1.20. The lowest BCUT2D eigenvalue weighted by molar-refractivity contribution is -0.134. The van der Waals surface area contributed by atoms with Crippen molar-refractivity contribution in [2.24, 2.45) is 0 Å². The quantitative estimate of drug-likeness (QED) is 0.740. The molecule has 3 heterocycles. The van der Waals surface area contributed by atoms with Crippen molar-refractivity contribution in [2.45, 2.75) is 43.9 Å². The molecule has 2 N–H and O–H groups in total. The minimum atomic E-state index is -0.822. The van der Waals surface area contributed by atoms with Gasteiger partial charge in [0.1, 0.15) is 5.54 Å². The maximum atomic E-state index is 12.8. The van der Waals surface area contributed by atoms with Crippen LogP contribution in [0.1, 0.15) is 41.6 Å². The standard InChI is InChI=1S/C20H25N3O5/c24-17(21-12-16-2-1-9-28-16)15-5-3-14(4-6-15)13-23-18(25)20(22-19(23)26)7-10-27-11-8-20/h3-6,16H,1-2,7-13H2,(H,21,24)(H,22,26)/t16-/m1/s1. The van der Waals surface area contributed by atoms with Crippen LogP contribution in [0.5, 0.6) is 0 Å². The highest BCUT2D eigenvalue weighted by Crippen LogP contribution is 2.29. The zero-order valence-corrected chi connectivity index (χ0v) is 15.7. The topological polar surface area (TPSA) is 97.0 Å². The van der Waals surface area contributed by atoms with Gasteiger partial charge in [-0.2, -0.15) is 0 Å².